The molecule has 1 rings (SSSR count). The molecule has 1 aromatic carbocycles. The van der Waals surface area contributed by atoms with Crippen LogP contribution in [0.25, 0.3) is 0 Å². The van der Waals surface area contributed by atoms with E-state index in [2.05, 4.69) is 16.9 Å². The van der Waals surface area contributed by atoms with Crippen LogP contribution >= 0.6 is 0 Å². The first-order valence-electron chi connectivity index (χ1n) is 6.38. The van der Waals surface area contributed by atoms with Gasteiger partial charge in [-0.15, -0.1) is 0 Å². The average Bonchev–Trinajstić information content (AvgIpc) is 2.42. The Bertz CT molecular complexity index is 565. The highest BCUT2D eigenvalue weighted by Gasteiger charge is 2.12. The Labute approximate surface area is 120 Å². The molecule has 20 heavy (non-hydrogen) atoms. The van der Waals surface area contributed by atoms with Crippen LogP contribution in [0.2, 0.25) is 0 Å². The maximum atomic E-state index is 12.0. The van der Waals surface area contributed by atoms with E-state index in [0.717, 1.165) is 5.57 Å². The topological polar surface area (TPSA) is 84.5 Å². The van der Waals surface area contributed by atoms with Gasteiger partial charge >= 0.3 is 0 Å². The van der Waals surface area contributed by atoms with E-state index in [4.69, 9.17) is 5.73 Å². The summed E-state index contributed by atoms with van der Waals surface area (Å²) < 4.78 is 24.0. The molecule has 6 heteroatoms. The first kappa shape index (κ1) is 16.2. The van der Waals surface area contributed by atoms with E-state index in [1.165, 1.54) is 0 Å². The number of aliphatic imine (C=N–C) groups is 1. The molecule has 0 saturated carbocycles. The highest BCUT2D eigenvalue weighted by atomic mass is 32.2. The Morgan fingerprint density at radius 3 is 2.60 bits per heavy atom. The molecule has 0 atom stereocenters. The number of benzene rings is 1. The Hall–Kier alpha value is -1.82. The SMILES string of the molecule is C=C(C)CN=C(N)NCCCS(=O)(=O)c1ccccc1. The Morgan fingerprint density at radius 2 is 2.00 bits per heavy atom. The van der Waals surface area contributed by atoms with Crippen molar-refractivity contribution < 1.29 is 8.42 Å². The fourth-order valence-electron chi connectivity index (χ4n) is 1.50. The molecular weight excluding hydrogens is 274 g/mol. The zero-order chi connectivity index (χ0) is 15.0. The fraction of sp³-hybridized carbons (Fsp3) is 0.357. The van der Waals surface area contributed by atoms with E-state index in [1.807, 2.05) is 6.92 Å². The number of hydrogen-bond donors (Lipinski definition) is 2. The maximum absolute atomic E-state index is 12.0. The number of nitrogens with zero attached hydrogens (tertiary/aromatic N) is 1. The molecule has 0 aliphatic heterocycles. The van der Waals surface area contributed by atoms with Crippen LogP contribution in [0.3, 0.4) is 0 Å². The summed E-state index contributed by atoms with van der Waals surface area (Å²) >= 11 is 0. The molecule has 0 aliphatic carbocycles. The molecule has 0 amide bonds. The van der Waals surface area contributed by atoms with Gasteiger partial charge in [-0.2, -0.15) is 0 Å². The fourth-order valence-corrected chi connectivity index (χ4v) is 2.83. The van der Waals surface area contributed by atoms with Crippen molar-refractivity contribution in [3.63, 3.8) is 0 Å². The van der Waals surface area contributed by atoms with E-state index >= 15 is 0 Å². The third kappa shape index (κ3) is 5.88. The molecule has 1 aromatic rings. The summed E-state index contributed by atoms with van der Waals surface area (Å²) in [5.41, 5.74) is 6.55. The smallest absolute Gasteiger partial charge is 0.188 e. The highest BCUT2D eigenvalue weighted by molar-refractivity contribution is 7.91. The Morgan fingerprint density at radius 1 is 1.35 bits per heavy atom. The predicted molar refractivity (Wildman–Crippen MR) is 82.4 cm³/mol. The van der Waals surface area contributed by atoms with Gasteiger partial charge in [0.15, 0.2) is 15.8 Å². The van der Waals surface area contributed by atoms with E-state index in [9.17, 15) is 8.42 Å². The van der Waals surface area contributed by atoms with Crippen LogP contribution in [-0.4, -0.2) is 33.2 Å². The van der Waals surface area contributed by atoms with Gasteiger partial charge in [-0.05, 0) is 25.5 Å². The predicted octanol–water partition coefficient (Wildman–Crippen LogP) is 1.33. The first-order chi connectivity index (χ1) is 9.42. The average molecular weight is 295 g/mol. The molecule has 0 spiro atoms. The van der Waals surface area contributed by atoms with Crippen LogP contribution in [0.15, 0.2) is 52.4 Å². The lowest BCUT2D eigenvalue weighted by molar-refractivity contribution is 0.592. The minimum absolute atomic E-state index is 0.0811. The second-order valence-corrected chi connectivity index (χ2v) is 6.68. The highest BCUT2D eigenvalue weighted by Crippen LogP contribution is 2.10. The normalized spacial score (nSPS) is 12.2. The van der Waals surface area contributed by atoms with Crippen LogP contribution in [0.4, 0.5) is 0 Å². The van der Waals surface area contributed by atoms with Gasteiger partial charge in [0, 0.05) is 6.54 Å². The maximum Gasteiger partial charge on any atom is 0.188 e. The van der Waals surface area contributed by atoms with Crippen LogP contribution in [0.1, 0.15) is 13.3 Å². The van der Waals surface area contributed by atoms with Crippen molar-refractivity contribution in [2.24, 2.45) is 10.7 Å². The van der Waals surface area contributed by atoms with Crippen LogP contribution in [-0.2, 0) is 9.84 Å². The van der Waals surface area contributed by atoms with E-state index < -0.39 is 9.84 Å². The van der Waals surface area contributed by atoms with Gasteiger partial charge < -0.3 is 11.1 Å². The number of rotatable bonds is 7. The standard InChI is InChI=1S/C14H21N3O2S/c1-12(2)11-17-14(15)16-9-6-10-20(18,19)13-7-4-3-5-8-13/h3-5,7-8H,1,6,9-11H2,2H3,(H3,15,16,17). The van der Waals surface area contributed by atoms with Gasteiger partial charge in [0.2, 0.25) is 0 Å². The quantitative estimate of drug-likeness (QED) is 0.344. The molecule has 0 saturated heterocycles. The van der Waals surface area contributed by atoms with Crippen LogP contribution < -0.4 is 11.1 Å². The Kier molecular flexibility index (Phi) is 6.24. The van der Waals surface area contributed by atoms with Crippen LogP contribution in [0.5, 0.6) is 0 Å². The zero-order valence-corrected chi connectivity index (χ0v) is 12.5. The molecule has 0 heterocycles. The number of sulfone groups is 1. The molecular formula is C14H21N3O2S. The molecule has 0 aliphatic rings. The summed E-state index contributed by atoms with van der Waals surface area (Å²) in [4.78, 5) is 4.40. The third-order valence-corrected chi connectivity index (χ3v) is 4.33. The largest absolute Gasteiger partial charge is 0.370 e. The molecule has 0 fully saturated rings. The molecule has 0 bridgehead atoms. The minimum atomic E-state index is -3.22. The number of guanidine groups is 1. The third-order valence-electron chi connectivity index (χ3n) is 2.52. The minimum Gasteiger partial charge on any atom is -0.370 e. The van der Waals surface area contributed by atoms with Crippen molar-refractivity contribution in [3.8, 4) is 0 Å². The number of hydrogen-bond acceptors (Lipinski definition) is 3. The van der Waals surface area contributed by atoms with Crippen molar-refractivity contribution >= 4 is 15.8 Å². The summed E-state index contributed by atoms with van der Waals surface area (Å²) in [6.45, 7) is 6.53. The summed E-state index contributed by atoms with van der Waals surface area (Å²) in [5.74, 6) is 0.391. The second-order valence-electron chi connectivity index (χ2n) is 4.57. The van der Waals surface area contributed by atoms with Crippen molar-refractivity contribution in [2.75, 3.05) is 18.8 Å². The van der Waals surface area contributed by atoms with E-state index in [1.54, 1.807) is 30.3 Å². The van der Waals surface area contributed by atoms with Gasteiger partial charge in [0.25, 0.3) is 0 Å². The van der Waals surface area contributed by atoms with Crippen molar-refractivity contribution in [3.05, 3.63) is 42.5 Å². The van der Waals surface area contributed by atoms with Gasteiger partial charge in [0.05, 0.1) is 17.2 Å². The first-order valence-corrected chi connectivity index (χ1v) is 8.03. The summed E-state index contributed by atoms with van der Waals surface area (Å²) in [6.07, 6.45) is 0.473. The van der Waals surface area contributed by atoms with Gasteiger partial charge in [-0.3, -0.25) is 0 Å². The van der Waals surface area contributed by atoms with Crippen molar-refractivity contribution in [1.29, 1.82) is 0 Å². The lowest BCUT2D eigenvalue weighted by atomic mass is 10.4. The molecule has 0 aromatic heterocycles. The van der Waals surface area contributed by atoms with Gasteiger partial charge in [-0.25, -0.2) is 13.4 Å². The molecule has 110 valence electrons. The molecule has 0 radical (unpaired) electrons. The number of nitrogens with two attached hydrogens (primary N) is 1. The van der Waals surface area contributed by atoms with Gasteiger partial charge in [-0.1, -0.05) is 30.4 Å². The lowest BCUT2D eigenvalue weighted by Gasteiger charge is -2.06. The summed E-state index contributed by atoms with van der Waals surface area (Å²) in [5, 5.41) is 2.88. The van der Waals surface area contributed by atoms with Crippen molar-refractivity contribution in [1.82, 2.24) is 5.32 Å². The summed E-state index contributed by atoms with van der Waals surface area (Å²) in [7, 11) is -3.22. The number of nitrogens with one attached hydrogen (secondary N) is 1. The summed E-state index contributed by atoms with van der Waals surface area (Å²) in [6, 6.07) is 8.43. The molecule has 5 nitrogen and oxygen atoms in total. The van der Waals surface area contributed by atoms with Gasteiger partial charge in [0.1, 0.15) is 0 Å². The zero-order valence-electron chi connectivity index (χ0n) is 11.7. The lowest BCUT2D eigenvalue weighted by Crippen LogP contribution is -2.33. The molecule has 0 unspecified atom stereocenters. The van der Waals surface area contributed by atoms with Crippen molar-refractivity contribution in [2.45, 2.75) is 18.2 Å². The molecule has 3 N–H and O–H groups in total. The monoisotopic (exact) mass is 295 g/mol. The second kappa shape index (κ2) is 7.69. The Balaban J connectivity index is 2.38. The van der Waals surface area contributed by atoms with Crippen LogP contribution in [0, 0.1) is 0 Å². The van der Waals surface area contributed by atoms with E-state index in [-0.39, 0.29) is 5.75 Å². The van der Waals surface area contributed by atoms with E-state index in [0.29, 0.717) is 30.4 Å².